The van der Waals surface area contributed by atoms with Crippen molar-refractivity contribution in [3.8, 4) is 0 Å². The molecule has 0 aromatic rings. The third kappa shape index (κ3) is 3.30. The van der Waals surface area contributed by atoms with Crippen molar-refractivity contribution in [3.05, 3.63) is 18.7 Å². The SMILES string of the molecule is C[CH]O/C(F)=C\C. The normalized spacial score (nSPS) is 11.6. The van der Waals surface area contributed by atoms with Gasteiger partial charge in [-0.25, -0.2) is 0 Å². The minimum Gasteiger partial charge on any atom is -0.464 e. The third-order valence-corrected chi connectivity index (χ3v) is 0.457. The van der Waals surface area contributed by atoms with E-state index in [9.17, 15) is 4.39 Å². The van der Waals surface area contributed by atoms with Crippen LogP contribution in [0.4, 0.5) is 4.39 Å². The molecule has 0 saturated heterocycles. The van der Waals surface area contributed by atoms with Crippen LogP contribution in [0.25, 0.3) is 0 Å². The van der Waals surface area contributed by atoms with Gasteiger partial charge in [0.1, 0.15) is 6.61 Å². The molecule has 0 unspecified atom stereocenters. The van der Waals surface area contributed by atoms with E-state index in [0.717, 1.165) is 0 Å². The van der Waals surface area contributed by atoms with Crippen LogP contribution >= 0.6 is 0 Å². The third-order valence-electron chi connectivity index (χ3n) is 0.457. The van der Waals surface area contributed by atoms with Crippen molar-refractivity contribution in [2.45, 2.75) is 13.8 Å². The molecule has 41 valence electrons. The lowest BCUT2D eigenvalue weighted by molar-refractivity contribution is 0.207. The lowest BCUT2D eigenvalue weighted by Crippen LogP contribution is -1.75. The number of allylic oxidation sites excluding steroid dienone is 1. The second kappa shape index (κ2) is 3.65. The maximum atomic E-state index is 11.7. The Labute approximate surface area is 42.8 Å². The number of rotatable bonds is 2. The van der Waals surface area contributed by atoms with Crippen molar-refractivity contribution < 1.29 is 9.13 Å². The van der Waals surface area contributed by atoms with Crippen LogP contribution in [-0.4, -0.2) is 0 Å². The van der Waals surface area contributed by atoms with Gasteiger partial charge in [-0.05, 0) is 19.9 Å². The molecule has 0 atom stereocenters. The molecule has 2 heteroatoms. The molecule has 0 aliphatic carbocycles. The molecule has 0 aliphatic heterocycles. The van der Waals surface area contributed by atoms with E-state index in [0.29, 0.717) is 0 Å². The predicted molar refractivity (Wildman–Crippen MR) is 25.9 cm³/mol. The first-order valence-electron chi connectivity index (χ1n) is 2.07. The molecule has 0 heterocycles. The van der Waals surface area contributed by atoms with Crippen molar-refractivity contribution in [1.82, 2.24) is 0 Å². The Bertz CT molecular complexity index is 68.5. The number of hydrogen-bond donors (Lipinski definition) is 0. The summed E-state index contributed by atoms with van der Waals surface area (Å²) < 4.78 is 16.0. The molecule has 0 fully saturated rings. The van der Waals surface area contributed by atoms with Gasteiger partial charge in [0.05, 0.1) is 0 Å². The maximum Gasteiger partial charge on any atom is 0.268 e. The summed E-state index contributed by atoms with van der Waals surface area (Å²) in [5, 5.41) is 0. The lowest BCUT2D eigenvalue weighted by Gasteiger charge is -1.92. The highest BCUT2D eigenvalue weighted by Crippen LogP contribution is 1.97. The van der Waals surface area contributed by atoms with Crippen molar-refractivity contribution in [2.24, 2.45) is 0 Å². The molecule has 0 aromatic carbocycles. The minimum absolute atomic E-state index is 0.553. The zero-order valence-corrected chi connectivity index (χ0v) is 4.44. The van der Waals surface area contributed by atoms with Crippen molar-refractivity contribution >= 4 is 0 Å². The van der Waals surface area contributed by atoms with Gasteiger partial charge in [-0.1, -0.05) is 0 Å². The van der Waals surface area contributed by atoms with Crippen LogP contribution < -0.4 is 0 Å². The van der Waals surface area contributed by atoms with Crippen molar-refractivity contribution in [1.29, 1.82) is 0 Å². The second-order valence-corrected chi connectivity index (χ2v) is 0.946. The molecule has 0 aliphatic rings. The number of halogens is 1. The van der Waals surface area contributed by atoms with Crippen LogP contribution in [-0.2, 0) is 4.74 Å². The average Bonchev–Trinajstić information content (AvgIpc) is 1.68. The molecule has 0 saturated carbocycles. The highest BCUT2D eigenvalue weighted by molar-refractivity contribution is 4.77. The monoisotopic (exact) mass is 103 g/mol. The summed E-state index contributed by atoms with van der Waals surface area (Å²) in [6.07, 6.45) is 1.25. The zero-order chi connectivity index (χ0) is 5.70. The first-order chi connectivity index (χ1) is 3.31. The van der Waals surface area contributed by atoms with E-state index in [4.69, 9.17) is 0 Å². The van der Waals surface area contributed by atoms with Crippen molar-refractivity contribution in [3.63, 3.8) is 0 Å². The van der Waals surface area contributed by atoms with Gasteiger partial charge in [0.2, 0.25) is 0 Å². The van der Waals surface area contributed by atoms with E-state index in [1.165, 1.54) is 12.7 Å². The highest BCUT2D eigenvalue weighted by atomic mass is 19.1. The summed E-state index contributed by atoms with van der Waals surface area (Å²) in [4.78, 5) is 0. The van der Waals surface area contributed by atoms with Gasteiger partial charge in [0, 0.05) is 0 Å². The zero-order valence-electron chi connectivity index (χ0n) is 4.44. The number of hydrogen-bond acceptors (Lipinski definition) is 1. The Morgan fingerprint density at radius 3 is 2.29 bits per heavy atom. The van der Waals surface area contributed by atoms with Crippen LogP contribution in [0.2, 0.25) is 0 Å². The van der Waals surface area contributed by atoms with E-state index in [2.05, 4.69) is 4.74 Å². The molecule has 0 rings (SSSR count). The summed E-state index contributed by atoms with van der Waals surface area (Å²) in [6, 6.07) is -0.553. The smallest absolute Gasteiger partial charge is 0.268 e. The maximum absolute atomic E-state index is 11.7. The number of ether oxygens (including phenoxy) is 1. The fraction of sp³-hybridized carbons (Fsp3) is 0.400. The van der Waals surface area contributed by atoms with Crippen LogP contribution in [0.15, 0.2) is 12.1 Å². The Hall–Kier alpha value is -0.530. The second-order valence-electron chi connectivity index (χ2n) is 0.946. The molecule has 0 N–H and O–H groups in total. The van der Waals surface area contributed by atoms with Gasteiger partial charge in [-0.3, -0.25) is 0 Å². The average molecular weight is 103 g/mol. The molecule has 1 radical (unpaired) electrons. The molecule has 1 nitrogen and oxygen atoms in total. The lowest BCUT2D eigenvalue weighted by atomic mass is 10.7. The molecular weight excluding hydrogens is 95.1 g/mol. The Morgan fingerprint density at radius 1 is 1.57 bits per heavy atom. The minimum atomic E-state index is -0.553. The van der Waals surface area contributed by atoms with E-state index >= 15 is 0 Å². The molecule has 0 spiro atoms. The summed E-state index contributed by atoms with van der Waals surface area (Å²) in [6.45, 7) is 4.47. The fourth-order valence-electron chi connectivity index (χ4n) is 0.181. The summed E-state index contributed by atoms with van der Waals surface area (Å²) in [5.41, 5.74) is 0. The van der Waals surface area contributed by atoms with Gasteiger partial charge < -0.3 is 4.74 Å². The van der Waals surface area contributed by atoms with Gasteiger partial charge in [-0.15, -0.1) is 0 Å². The summed E-state index contributed by atoms with van der Waals surface area (Å²) in [5.74, 6) is 0. The molecule has 7 heavy (non-hydrogen) atoms. The summed E-state index contributed by atoms with van der Waals surface area (Å²) >= 11 is 0. The van der Waals surface area contributed by atoms with Gasteiger partial charge in [0.25, 0.3) is 6.01 Å². The van der Waals surface area contributed by atoms with Gasteiger partial charge >= 0.3 is 0 Å². The van der Waals surface area contributed by atoms with Crippen molar-refractivity contribution in [2.75, 3.05) is 0 Å². The molecule has 0 aromatic heterocycles. The Kier molecular flexibility index (Phi) is 3.38. The van der Waals surface area contributed by atoms with Crippen LogP contribution in [0, 0.1) is 6.61 Å². The largest absolute Gasteiger partial charge is 0.464 e. The Balaban J connectivity index is 3.17. The molecular formula is C5H8FO. The van der Waals surface area contributed by atoms with Crippen LogP contribution in [0.5, 0.6) is 0 Å². The van der Waals surface area contributed by atoms with Crippen LogP contribution in [0.3, 0.4) is 0 Å². The quantitative estimate of drug-likeness (QED) is 0.486. The Morgan fingerprint density at radius 2 is 2.14 bits per heavy atom. The van der Waals surface area contributed by atoms with Gasteiger partial charge in [-0.2, -0.15) is 4.39 Å². The van der Waals surface area contributed by atoms with Gasteiger partial charge in [0.15, 0.2) is 0 Å². The first kappa shape index (κ1) is 6.47. The first-order valence-corrected chi connectivity index (χ1v) is 2.07. The van der Waals surface area contributed by atoms with E-state index in [-0.39, 0.29) is 0 Å². The predicted octanol–water partition coefficient (Wildman–Crippen LogP) is 2.02. The van der Waals surface area contributed by atoms with E-state index in [1.54, 1.807) is 13.8 Å². The topological polar surface area (TPSA) is 9.23 Å². The molecule has 0 amide bonds. The fourth-order valence-corrected chi connectivity index (χ4v) is 0.181. The molecule has 0 bridgehead atoms. The van der Waals surface area contributed by atoms with E-state index in [1.807, 2.05) is 0 Å². The summed E-state index contributed by atoms with van der Waals surface area (Å²) in [7, 11) is 0. The highest BCUT2D eigenvalue weighted by Gasteiger charge is 1.84. The van der Waals surface area contributed by atoms with Crippen LogP contribution in [0.1, 0.15) is 13.8 Å². The van der Waals surface area contributed by atoms with E-state index < -0.39 is 6.01 Å². The standard InChI is InChI=1S/C5H8FO/c1-3-5(6)7-4-2/h3-4H,1-2H3/b5-3-.